The number of quaternary nitrogens is 1. The van der Waals surface area contributed by atoms with Crippen molar-refractivity contribution in [1.82, 2.24) is 0 Å². The molecular formula is C9H20N2O3P+. The molecule has 1 unspecified atom stereocenters. The lowest BCUT2D eigenvalue weighted by Gasteiger charge is -2.36. The van der Waals surface area contributed by atoms with Crippen molar-refractivity contribution < 1.29 is 18.7 Å². The van der Waals surface area contributed by atoms with Crippen molar-refractivity contribution in [3.63, 3.8) is 0 Å². The second-order valence-corrected chi connectivity index (χ2v) is 5.08. The zero-order chi connectivity index (χ0) is 12.1. The van der Waals surface area contributed by atoms with Crippen molar-refractivity contribution in [1.29, 1.82) is 5.26 Å². The van der Waals surface area contributed by atoms with Crippen molar-refractivity contribution in [2.45, 2.75) is 46.7 Å². The van der Waals surface area contributed by atoms with Crippen molar-refractivity contribution in [2.24, 2.45) is 0 Å². The van der Waals surface area contributed by atoms with Gasteiger partial charge in [0, 0.05) is 0 Å². The highest BCUT2D eigenvalue weighted by atomic mass is 31.2. The van der Waals surface area contributed by atoms with E-state index in [0.717, 1.165) is 0 Å². The fourth-order valence-electron chi connectivity index (χ4n) is 1.42. The minimum Gasteiger partial charge on any atom is -0.300 e. The van der Waals surface area contributed by atoms with Gasteiger partial charge in [0.25, 0.3) is 0 Å². The van der Waals surface area contributed by atoms with E-state index in [1.54, 1.807) is 6.92 Å². The molecule has 6 heteroatoms. The van der Waals surface area contributed by atoms with E-state index in [0.29, 0.717) is 6.61 Å². The van der Waals surface area contributed by atoms with Gasteiger partial charge in [0.15, 0.2) is 0 Å². The first-order valence-corrected chi connectivity index (χ1v) is 6.18. The summed E-state index contributed by atoms with van der Waals surface area (Å²) < 4.78 is 4.70. The SMILES string of the molecule is CCOOP(O)[N+](C#N)(C(C)C)C(C)C. The minimum atomic E-state index is -1.96. The van der Waals surface area contributed by atoms with Crippen LogP contribution in [0.5, 0.6) is 0 Å². The zero-order valence-corrected chi connectivity index (χ0v) is 10.9. The lowest BCUT2D eigenvalue weighted by Crippen LogP contribution is -2.49. The van der Waals surface area contributed by atoms with Crippen LogP contribution in [-0.4, -0.2) is 27.8 Å². The first-order valence-electron chi connectivity index (χ1n) is 5.02. The second-order valence-electron chi connectivity index (χ2n) is 3.76. The van der Waals surface area contributed by atoms with Crippen molar-refractivity contribution in [2.75, 3.05) is 6.61 Å². The van der Waals surface area contributed by atoms with Crippen LogP contribution in [0, 0.1) is 11.5 Å². The Morgan fingerprint density at radius 1 is 1.33 bits per heavy atom. The molecule has 5 nitrogen and oxygen atoms in total. The maximum Gasteiger partial charge on any atom is 0.461 e. The Kier molecular flexibility index (Phi) is 6.26. The van der Waals surface area contributed by atoms with Gasteiger partial charge >= 0.3 is 14.7 Å². The first kappa shape index (κ1) is 14.8. The summed E-state index contributed by atoms with van der Waals surface area (Å²) in [6.07, 6.45) is 2.13. The topological polar surface area (TPSA) is 62.5 Å². The van der Waals surface area contributed by atoms with E-state index in [1.165, 1.54) is 0 Å². The van der Waals surface area contributed by atoms with Gasteiger partial charge in [-0.1, -0.05) is 0 Å². The molecule has 0 rings (SSSR count). The van der Waals surface area contributed by atoms with E-state index >= 15 is 0 Å². The van der Waals surface area contributed by atoms with Gasteiger partial charge < -0.3 is 4.89 Å². The van der Waals surface area contributed by atoms with Gasteiger partial charge in [0.1, 0.15) is 12.1 Å². The molecule has 0 radical (unpaired) electrons. The molecule has 1 N–H and O–H groups in total. The third kappa shape index (κ3) is 3.10. The summed E-state index contributed by atoms with van der Waals surface area (Å²) >= 11 is 0. The Bertz CT molecular complexity index is 220. The summed E-state index contributed by atoms with van der Waals surface area (Å²) in [4.78, 5) is 14.6. The first-order chi connectivity index (χ1) is 6.93. The number of hydrogen-bond acceptors (Lipinski definition) is 4. The van der Waals surface area contributed by atoms with Gasteiger partial charge in [-0.25, -0.2) is 4.89 Å². The Hall–Kier alpha value is -0.240. The summed E-state index contributed by atoms with van der Waals surface area (Å²) in [5.41, 5.74) is 0. The van der Waals surface area contributed by atoms with Gasteiger partial charge in [0.05, 0.1) is 6.61 Å². The van der Waals surface area contributed by atoms with Crippen LogP contribution in [-0.2, 0) is 9.56 Å². The summed E-state index contributed by atoms with van der Waals surface area (Å²) in [6.45, 7) is 9.62. The van der Waals surface area contributed by atoms with E-state index in [1.807, 2.05) is 27.7 Å². The Balaban J connectivity index is 4.84. The Morgan fingerprint density at radius 2 is 1.80 bits per heavy atom. The molecule has 0 saturated heterocycles. The highest BCUT2D eigenvalue weighted by molar-refractivity contribution is 7.39. The largest absolute Gasteiger partial charge is 0.461 e. The molecule has 0 fully saturated rings. The van der Waals surface area contributed by atoms with Crippen LogP contribution in [0.1, 0.15) is 34.6 Å². The molecule has 0 aromatic heterocycles. The molecule has 0 saturated carbocycles. The molecule has 1 atom stereocenters. The molecular weight excluding hydrogens is 215 g/mol. The predicted molar refractivity (Wildman–Crippen MR) is 58.0 cm³/mol. The maximum absolute atomic E-state index is 9.90. The van der Waals surface area contributed by atoms with Crippen LogP contribution in [0.3, 0.4) is 0 Å². The third-order valence-electron chi connectivity index (χ3n) is 2.26. The number of rotatable bonds is 6. The highest BCUT2D eigenvalue weighted by Gasteiger charge is 2.47. The molecule has 0 spiro atoms. The standard InChI is InChI=1S/C9H20N2O3P/c1-6-13-14-15(12)11(7-10,8(2)3)9(4)5/h8-9,12H,6H2,1-5H3/q+1. The predicted octanol–water partition coefficient (Wildman–Crippen LogP) is 2.29. The third-order valence-corrected chi connectivity index (χ3v) is 4.07. The number of nitrogens with zero attached hydrogens (tertiary/aromatic N) is 2. The van der Waals surface area contributed by atoms with Crippen molar-refractivity contribution in [3.05, 3.63) is 0 Å². The molecule has 0 aromatic carbocycles. The van der Waals surface area contributed by atoms with Crippen LogP contribution in [0.4, 0.5) is 0 Å². The lowest BCUT2D eigenvalue weighted by molar-refractivity contribution is -0.800. The van der Waals surface area contributed by atoms with Crippen molar-refractivity contribution >= 4 is 8.53 Å². The van der Waals surface area contributed by atoms with E-state index in [9.17, 15) is 10.2 Å². The van der Waals surface area contributed by atoms with Gasteiger partial charge in [-0.3, -0.25) is 0 Å². The monoisotopic (exact) mass is 235 g/mol. The Morgan fingerprint density at radius 3 is 2.07 bits per heavy atom. The lowest BCUT2D eigenvalue weighted by atomic mass is 10.2. The highest BCUT2D eigenvalue weighted by Crippen LogP contribution is 2.48. The van der Waals surface area contributed by atoms with Gasteiger partial charge in [-0.2, -0.15) is 4.25 Å². The van der Waals surface area contributed by atoms with Crippen LogP contribution in [0.25, 0.3) is 0 Å². The van der Waals surface area contributed by atoms with Crippen molar-refractivity contribution in [3.8, 4) is 6.19 Å². The number of hydrogen-bond donors (Lipinski definition) is 1. The summed E-state index contributed by atoms with van der Waals surface area (Å²) in [5, 5.41) is 9.23. The quantitative estimate of drug-likeness (QED) is 0.332. The molecule has 15 heavy (non-hydrogen) atoms. The molecule has 0 aliphatic carbocycles. The smallest absolute Gasteiger partial charge is 0.300 e. The maximum atomic E-state index is 9.90. The van der Waals surface area contributed by atoms with E-state index in [4.69, 9.17) is 9.56 Å². The van der Waals surface area contributed by atoms with E-state index in [-0.39, 0.29) is 16.3 Å². The molecule has 0 aliphatic rings. The minimum absolute atomic E-state index is 0.0495. The molecule has 0 bridgehead atoms. The van der Waals surface area contributed by atoms with Gasteiger partial charge in [-0.05, 0) is 34.6 Å². The van der Waals surface area contributed by atoms with Gasteiger partial charge in [0.2, 0.25) is 0 Å². The second kappa shape index (κ2) is 6.37. The average molecular weight is 235 g/mol. The molecule has 88 valence electrons. The molecule has 0 aliphatic heterocycles. The van der Waals surface area contributed by atoms with E-state index in [2.05, 4.69) is 6.19 Å². The van der Waals surface area contributed by atoms with Gasteiger partial charge in [-0.15, -0.1) is 9.94 Å². The van der Waals surface area contributed by atoms with Crippen LogP contribution < -0.4 is 0 Å². The van der Waals surface area contributed by atoms with Crippen LogP contribution in [0.2, 0.25) is 0 Å². The molecule has 0 heterocycles. The number of nitriles is 1. The summed E-state index contributed by atoms with van der Waals surface area (Å²) in [7, 11) is -1.96. The fourth-order valence-corrected chi connectivity index (χ4v) is 2.59. The molecule has 0 aromatic rings. The fraction of sp³-hybridized carbons (Fsp3) is 0.889. The average Bonchev–Trinajstić information content (AvgIpc) is 2.15. The molecule has 0 amide bonds. The van der Waals surface area contributed by atoms with Crippen LogP contribution in [0.15, 0.2) is 0 Å². The van der Waals surface area contributed by atoms with E-state index < -0.39 is 8.53 Å². The summed E-state index contributed by atoms with van der Waals surface area (Å²) in [6, 6.07) is -0.0989. The van der Waals surface area contributed by atoms with Crippen LogP contribution >= 0.6 is 8.53 Å². The zero-order valence-electron chi connectivity index (χ0n) is 9.97. The normalized spacial score (nSPS) is 14.3. The Labute approximate surface area is 92.7 Å². The summed E-state index contributed by atoms with van der Waals surface area (Å²) in [5.74, 6) is 0.